The molecule has 1 N–H and O–H groups in total. The Morgan fingerprint density at radius 2 is 2.31 bits per heavy atom. The fraction of sp³-hybridized carbons (Fsp3) is 0.500. The zero-order valence-corrected chi connectivity index (χ0v) is 9.11. The van der Waals surface area contributed by atoms with Gasteiger partial charge in [0.1, 0.15) is 4.88 Å². The van der Waals surface area contributed by atoms with Crippen molar-refractivity contribution in [3.05, 3.63) is 16.1 Å². The molecule has 0 aliphatic carbocycles. The Kier molecular flexibility index (Phi) is 4.25. The van der Waals surface area contributed by atoms with Gasteiger partial charge in [-0.1, -0.05) is 0 Å². The van der Waals surface area contributed by atoms with Crippen LogP contribution in [0, 0.1) is 0 Å². The number of nitrogens with one attached hydrogen (secondary N) is 1. The quantitative estimate of drug-likeness (QED) is 0.829. The van der Waals surface area contributed by atoms with Gasteiger partial charge in [0.05, 0.1) is 12.1 Å². The summed E-state index contributed by atoms with van der Waals surface area (Å²) in [6.07, 6.45) is -4.60. The molecule has 0 fully saturated rings. The first kappa shape index (κ1) is 12.9. The minimum Gasteiger partial charge on any atom is -0.383 e. The molecule has 0 saturated heterocycles. The monoisotopic (exact) mass is 254 g/mol. The molecule has 1 amide bonds. The predicted octanol–water partition coefficient (Wildman–Crippen LogP) is 1.54. The smallest absolute Gasteiger partial charge is 0.383 e. The first-order chi connectivity index (χ1) is 7.46. The summed E-state index contributed by atoms with van der Waals surface area (Å²) in [5.41, 5.74) is -0.152. The van der Waals surface area contributed by atoms with E-state index in [2.05, 4.69) is 15.0 Å². The number of methoxy groups -OCH3 is 1. The van der Waals surface area contributed by atoms with Gasteiger partial charge < -0.3 is 10.1 Å². The second kappa shape index (κ2) is 5.26. The molecule has 16 heavy (non-hydrogen) atoms. The molecule has 90 valence electrons. The molecule has 0 aliphatic heterocycles. The van der Waals surface area contributed by atoms with Crippen molar-refractivity contribution in [3.8, 4) is 0 Å². The number of carbonyl (C=O) groups is 1. The average Bonchev–Trinajstić information content (AvgIpc) is 2.65. The Hall–Kier alpha value is -1.15. The van der Waals surface area contributed by atoms with Gasteiger partial charge in [-0.2, -0.15) is 13.2 Å². The minimum absolute atomic E-state index is 0.157. The van der Waals surface area contributed by atoms with E-state index in [0.717, 1.165) is 5.51 Å². The molecule has 0 aromatic carbocycles. The van der Waals surface area contributed by atoms with Crippen LogP contribution in [0.25, 0.3) is 0 Å². The third kappa shape index (κ3) is 3.17. The highest BCUT2D eigenvalue weighted by Gasteiger charge is 2.38. The maximum Gasteiger partial charge on any atom is 0.434 e. The number of hydrogen-bond acceptors (Lipinski definition) is 4. The molecule has 8 heteroatoms. The van der Waals surface area contributed by atoms with Gasteiger partial charge in [0, 0.05) is 13.7 Å². The summed E-state index contributed by atoms with van der Waals surface area (Å²) in [5, 5.41) is 2.30. The van der Waals surface area contributed by atoms with Crippen LogP contribution in [0.3, 0.4) is 0 Å². The highest BCUT2D eigenvalue weighted by Crippen LogP contribution is 2.32. The molecular formula is C8H9F3N2O2S. The number of halogens is 3. The summed E-state index contributed by atoms with van der Waals surface area (Å²) in [7, 11) is 1.43. The Balaban J connectivity index is 2.73. The van der Waals surface area contributed by atoms with Crippen molar-refractivity contribution in [1.82, 2.24) is 10.3 Å². The molecule has 0 atom stereocenters. The zero-order chi connectivity index (χ0) is 12.2. The largest absolute Gasteiger partial charge is 0.434 e. The number of alkyl halides is 3. The van der Waals surface area contributed by atoms with Gasteiger partial charge in [-0.25, -0.2) is 4.98 Å². The number of thiazole rings is 1. The highest BCUT2D eigenvalue weighted by molar-refractivity contribution is 7.11. The van der Waals surface area contributed by atoms with Gasteiger partial charge in [-0.05, 0) is 0 Å². The topological polar surface area (TPSA) is 51.2 Å². The van der Waals surface area contributed by atoms with Gasteiger partial charge in [0.15, 0.2) is 5.69 Å². The molecule has 0 radical (unpaired) electrons. The van der Waals surface area contributed by atoms with Crippen molar-refractivity contribution >= 4 is 17.2 Å². The Morgan fingerprint density at radius 3 is 2.88 bits per heavy atom. The highest BCUT2D eigenvalue weighted by atomic mass is 32.1. The molecule has 0 spiro atoms. The number of aromatic nitrogens is 1. The van der Waals surface area contributed by atoms with Crippen LogP contribution in [0.2, 0.25) is 0 Å². The lowest BCUT2D eigenvalue weighted by molar-refractivity contribution is -0.141. The molecule has 0 saturated carbocycles. The number of amides is 1. The summed E-state index contributed by atoms with van der Waals surface area (Å²) in [6.45, 7) is 0.399. The van der Waals surface area contributed by atoms with Crippen LogP contribution in [-0.4, -0.2) is 31.2 Å². The van der Waals surface area contributed by atoms with Gasteiger partial charge in [-0.15, -0.1) is 11.3 Å². The summed E-state index contributed by atoms with van der Waals surface area (Å²) in [5.74, 6) is -0.785. The van der Waals surface area contributed by atoms with Crippen molar-refractivity contribution in [2.75, 3.05) is 20.3 Å². The maximum absolute atomic E-state index is 12.4. The van der Waals surface area contributed by atoms with Crippen molar-refractivity contribution in [2.45, 2.75) is 6.18 Å². The molecule has 1 heterocycles. The zero-order valence-electron chi connectivity index (χ0n) is 8.30. The lowest BCUT2D eigenvalue weighted by Gasteiger charge is -2.06. The van der Waals surface area contributed by atoms with E-state index in [-0.39, 0.29) is 13.2 Å². The molecular weight excluding hydrogens is 245 g/mol. The fourth-order valence-electron chi connectivity index (χ4n) is 0.956. The van der Waals surface area contributed by atoms with Gasteiger partial charge >= 0.3 is 6.18 Å². The number of carbonyl (C=O) groups excluding carboxylic acids is 1. The van der Waals surface area contributed by atoms with Gasteiger partial charge in [0.25, 0.3) is 5.91 Å². The van der Waals surface area contributed by atoms with Gasteiger partial charge in [0.2, 0.25) is 0 Å². The van der Waals surface area contributed by atoms with Crippen LogP contribution in [0.5, 0.6) is 0 Å². The van der Waals surface area contributed by atoms with E-state index in [4.69, 9.17) is 0 Å². The van der Waals surface area contributed by atoms with Crippen molar-refractivity contribution in [2.24, 2.45) is 0 Å². The molecule has 0 unspecified atom stereocenters. The van der Waals surface area contributed by atoms with Crippen LogP contribution >= 0.6 is 11.3 Å². The van der Waals surface area contributed by atoms with Crippen LogP contribution in [0.15, 0.2) is 5.51 Å². The molecule has 1 aromatic rings. The summed E-state index contributed by atoms with van der Waals surface area (Å²) >= 11 is 0.659. The van der Waals surface area contributed by atoms with Crippen molar-refractivity contribution < 1.29 is 22.7 Å². The third-order valence-electron chi connectivity index (χ3n) is 1.63. The summed E-state index contributed by atoms with van der Waals surface area (Å²) in [6, 6.07) is 0. The van der Waals surface area contributed by atoms with Crippen LogP contribution in [0.4, 0.5) is 13.2 Å². The maximum atomic E-state index is 12.4. The van der Waals surface area contributed by atoms with E-state index >= 15 is 0 Å². The lowest BCUT2D eigenvalue weighted by atomic mass is 10.3. The second-order valence-electron chi connectivity index (χ2n) is 2.78. The first-order valence-electron chi connectivity index (χ1n) is 4.24. The van der Waals surface area contributed by atoms with E-state index in [0.29, 0.717) is 11.3 Å². The van der Waals surface area contributed by atoms with Crippen molar-refractivity contribution in [1.29, 1.82) is 0 Å². The molecule has 1 rings (SSSR count). The predicted molar refractivity (Wildman–Crippen MR) is 51.3 cm³/mol. The molecule has 0 aliphatic rings. The summed E-state index contributed by atoms with van der Waals surface area (Å²) < 4.78 is 41.8. The third-order valence-corrected chi connectivity index (χ3v) is 2.46. The van der Waals surface area contributed by atoms with Crippen LogP contribution in [0.1, 0.15) is 15.4 Å². The SMILES string of the molecule is COCCNC(=O)c1scnc1C(F)(F)F. The number of hydrogen-bond donors (Lipinski definition) is 1. The van der Waals surface area contributed by atoms with Crippen LogP contribution in [-0.2, 0) is 10.9 Å². The van der Waals surface area contributed by atoms with E-state index in [1.54, 1.807) is 0 Å². The van der Waals surface area contributed by atoms with E-state index in [1.807, 2.05) is 0 Å². The molecule has 1 aromatic heterocycles. The average molecular weight is 254 g/mol. The number of rotatable bonds is 4. The standard InChI is InChI=1S/C8H9F3N2O2S/c1-15-3-2-12-7(14)5-6(8(9,10)11)13-4-16-5/h4H,2-3H2,1H3,(H,12,14). The Labute approximate surface area is 93.4 Å². The van der Waals surface area contributed by atoms with E-state index in [1.165, 1.54) is 7.11 Å². The minimum atomic E-state index is -4.60. The number of nitrogens with zero attached hydrogens (tertiary/aromatic N) is 1. The summed E-state index contributed by atoms with van der Waals surface area (Å²) in [4.78, 5) is 14.1. The Morgan fingerprint density at radius 1 is 1.62 bits per heavy atom. The van der Waals surface area contributed by atoms with Crippen LogP contribution < -0.4 is 5.32 Å². The molecule has 4 nitrogen and oxygen atoms in total. The number of ether oxygens (including phenoxy) is 1. The van der Waals surface area contributed by atoms with Crippen molar-refractivity contribution in [3.63, 3.8) is 0 Å². The Bertz CT molecular complexity index is 364. The molecule has 0 bridgehead atoms. The second-order valence-corrected chi connectivity index (χ2v) is 3.63. The normalized spacial score (nSPS) is 11.5. The fourth-order valence-corrected chi connectivity index (χ4v) is 1.68. The van der Waals surface area contributed by atoms with E-state index < -0.39 is 22.7 Å². The first-order valence-corrected chi connectivity index (χ1v) is 5.12. The van der Waals surface area contributed by atoms with Gasteiger partial charge in [-0.3, -0.25) is 4.79 Å². The van der Waals surface area contributed by atoms with E-state index in [9.17, 15) is 18.0 Å². The lowest BCUT2D eigenvalue weighted by Crippen LogP contribution is -2.28.